The van der Waals surface area contributed by atoms with Gasteiger partial charge in [0.2, 0.25) is 0 Å². The van der Waals surface area contributed by atoms with Gasteiger partial charge in [0.25, 0.3) is 0 Å². The molecule has 5 aliphatic rings. The van der Waals surface area contributed by atoms with Gasteiger partial charge in [-0.2, -0.15) is 0 Å². The number of fused-ring (bicyclic) bond motifs is 7. The molecule has 0 amide bonds. The third-order valence-corrected chi connectivity index (χ3v) is 9.06. The van der Waals surface area contributed by atoms with Gasteiger partial charge in [0.15, 0.2) is 0 Å². The second-order valence-electron chi connectivity index (χ2n) is 11.2. The summed E-state index contributed by atoms with van der Waals surface area (Å²) in [6.45, 7) is 13.2. The van der Waals surface area contributed by atoms with Crippen LogP contribution in [-0.4, -0.2) is 36.0 Å². The van der Waals surface area contributed by atoms with Crippen LogP contribution < -0.4 is 0 Å². The molecule has 2 heterocycles. The molecule has 0 N–H and O–H groups in total. The fraction of sp³-hybridized carbons (Fsp3) is 0.957. The lowest BCUT2D eigenvalue weighted by atomic mass is 9.50. The van der Waals surface area contributed by atoms with Gasteiger partial charge in [-0.05, 0) is 82.0 Å². The Morgan fingerprint density at radius 3 is 2.52 bits per heavy atom. The number of hydrogen-bond acceptors (Lipinski definition) is 4. The van der Waals surface area contributed by atoms with Crippen LogP contribution in [0.25, 0.3) is 0 Å². The molecule has 9 atom stereocenters. The minimum atomic E-state index is -0.310. The molecule has 0 aromatic rings. The molecule has 2 aliphatic heterocycles. The highest BCUT2D eigenvalue weighted by molar-refractivity contribution is 5.79. The molecule has 3 saturated carbocycles. The van der Waals surface area contributed by atoms with Crippen molar-refractivity contribution in [2.24, 2.45) is 34.5 Å². The van der Waals surface area contributed by atoms with Gasteiger partial charge in [0.1, 0.15) is 11.7 Å². The summed E-state index contributed by atoms with van der Waals surface area (Å²) in [4.78, 5) is 13.6. The van der Waals surface area contributed by atoms with Crippen molar-refractivity contribution in [2.45, 2.75) is 104 Å². The van der Waals surface area contributed by atoms with Crippen LogP contribution >= 0.6 is 0 Å². The maximum Gasteiger partial charge on any atom is 0.312 e. The summed E-state index contributed by atoms with van der Waals surface area (Å²) in [5.41, 5.74) is -0.159. The van der Waals surface area contributed by atoms with E-state index in [0.29, 0.717) is 29.8 Å². The predicted molar refractivity (Wildman–Crippen MR) is 102 cm³/mol. The van der Waals surface area contributed by atoms with Crippen molar-refractivity contribution in [3.8, 4) is 0 Å². The Balaban J connectivity index is 1.54. The van der Waals surface area contributed by atoms with E-state index >= 15 is 0 Å². The molecule has 152 valence electrons. The van der Waals surface area contributed by atoms with Gasteiger partial charge in [-0.25, -0.2) is 0 Å². The maximum absolute atomic E-state index is 13.6. The average molecular weight is 377 g/mol. The van der Waals surface area contributed by atoms with Crippen molar-refractivity contribution in [3.63, 3.8) is 0 Å². The second kappa shape index (κ2) is 5.50. The van der Waals surface area contributed by atoms with Crippen LogP contribution in [0.5, 0.6) is 0 Å². The molecule has 0 bridgehead atoms. The summed E-state index contributed by atoms with van der Waals surface area (Å²) in [5.74, 6) is 1.88. The zero-order chi connectivity index (χ0) is 19.4. The van der Waals surface area contributed by atoms with Gasteiger partial charge in [-0.1, -0.05) is 20.8 Å². The summed E-state index contributed by atoms with van der Waals surface area (Å²) >= 11 is 0. The summed E-state index contributed by atoms with van der Waals surface area (Å²) in [5, 5.41) is 0. The highest BCUT2D eigenvalue weighted by Gasteiger charge is 2.77. The van der Waals surface area contributed by atoms with E-state index in [4.69, 9.17) is 14.2 Å². The first-order chi connectivity index (χ1) is 12.6. The number of hydrogen-bond donors (Lipinski definition) is 0. The van der Waals surface area contributed by atoms with Crippen LogP contribution in [0, 0.1) is 34.5 Å². The summed E-state index contributed by atoms with van der Waals surface area (Å²) in [7, 11) is 0. The second-order valence-corrected chi connectivity index (χ2v) is 11.2. The first-order valence-electron chi connectivity index (χ1n) is 11.2. The normalized spacial score (nSPS) is 55.3. The smallest absolute Gasteiger partial charge is 0.312 e. The monoisotopic (exact) mass is 376 g/mol. The third kappa shape index (κ3) is 2.32. The summed E-state index contributed by atoms with van der Waals surface area (Å²) in [6, 6.07) is 0. The number of carbonyl (C=O) groups is 1. The molecule has 0 aromatic heterocycles. The van der Waals surface area contributed by atoms with E-state index in [1.54, 1.807) is 0 Å². The van der Waals surface area contributed by atoms with Crippen LogP contribution in [0.2, 0.25) is 0 Å². The molecule has 27 heavy (non-hydrogen) atoms. The topological polar surface area (TPSA) is 51.4 Å². The van der Waals surface area contributed by atoms with Crippen LogP contribution in [0.4, 0.5) is 0 Å². The number of ether oxygens (including phenoxy) is 3. The fourth-order valence-corrected chi connectivity index (χ4v) is 7.73. The number of rotatable bonds is 3. The summed E-state index contributed by atoms with van der Waals surface area (Å²) in [6.07, 6.45) is 6.30. The Labute approximate surface area is 163 Å². The molecule has 2 unspecified atom stereocenters. The van der Waals surface area contributed by atoms with Crippen LogP contribution in [0.1, 0.15) is 73.6 Å². The molecule has 5 fully saturated rings. The zero-order valence-electron chi connectivity index (χ0n) is 17.8. The first-order valence-corrected chi connectivity index (χ1v) is 11.2. The van der Waals surface area contributed by atoms with Gasteiger partial charge in [0.05, 0.1) is 23.7 Å². The molecule has 4 nitrogen and oxygen atoms in total. The Hall–Kier alpha value is -0.610. The Bertz CT molecular complexity index is 659. The van der Waals surface area contributed by atoms with Gasteiger partial charge in [-0.15, -0.1) is 0 Å². The van der Waals surface area contributed by atoms with E-state index in [9.17, 15) is 4.79 Å². The van der Waals surface area contributed by atoms with Crippen LogP contribution in [0.15, 0.2) is 0 Å². The van der Waals surface area contributed by atoms with E-state index in [1.165, 1.54) is 0 Å². The van der Waals surface area contributed by atoms with Crippen molar-refractivity contribution in [3.05, 3.63) is 0 Å². The minimum absolute atomic E-state index is 0.0479. The molecule has 0 radical (unpaired) electrons. The summed E-state index contributed by atoms with van der Waals surface area (Å²) < 4.78 is 18.3. The minimum Gasteiger partial charge on any atom is -0.463 e. The number of esters is 1. The average Bonchev–Trinajstić information content (AvgIpc) is 3.42. The Morgan fingerprint density at radius 2 is 1.85 bits per heavy atom. The zero-order valence-corrected chi connectivity index (χ0v) is 17.8. The first kappa shape index (κ1) is 18.4. The van der Waals surface area contributed by atoms with Crippen molar-refractivity contribution >= 4 is 5.97 Å². The van der Waals surface area contributed by atoms with Crippen molar-refractivity contribution in [1.82, 2.24) is 0 Å². The highest BCUT2D eigenvalue weighted by atomic mass is 16.7. The van der Waals surface area contributed by atoms with E-state index in [2.05, 4.69) is 27.7 Å². The standard InChI is InChI=1S/C23H36O4/c1-12(2)14-7-8-15-17-18-19(26-18)22(6)16(27-22)11-21(17,5)9-10-23(14,15)20(24)25-13(3)4/h12-19H,7-11H2,1-6H3/t14-,15+,16?,17-,18+,19?,21+,22-,23+/m1/s1. The SMILES string of the molecule is CC(C)OC(=O)[C@]12CC[C@@]3(C)CC4O[C@@]4(C)C4O[C@H]4[C@H]3[C@@H]1CC[C@@H]2C(C)C. The van der Waals surface area contributed by atoms with Crippen molar-refractivity contribution in [2.75, 3.05) is 0 Å². The van der Waals surface area contributed by atoms with Gasteiger partial charge < -0.3 is 14.2 Å². The molecule has 2 saturated heterocycles. The molecular formula is C23H36O4. The van der Waals surface area contributed by atoms with Crippen molar-refractivity contribution in [1.29, 1.82) is 0 Å². The molecule has 5 rings (SSSR count). The van der Waals surface area contributed by atoms with Crippen LogP contribution in [-0.2, 0) is 19.0 Å². The van der Waals surface area contributed by atoms with Gasteiger partial charge in [0, 0.05) is 0 Å². The lowest BCUT2D eigenvalue weighted by Crippen LogP contribution is -2.55. The van der Waals surface area contributed by atoms with Gasteiger partial charge >= 0.3 is 5.97 Å². The van der Waals surface area contributed by atoms with E-state index < -0.39 is 0 Å². The molecule has 4 heteroatoms. The lowest BCUT2D eigenvalue weighted by molar-refractivity contribution is -0.178. The maximum atomic E-state index is 13.6. The quantitative estimate of drug-likeness (QED) is 0.543. The van der Waals surface area contributed by atoms with Crippen LogP contribution in [0.3, 0.4) is 0 Å². The molecular weight excluding hydrogens is 340 g/mol. The molecule has 3 aliphatic carbocycles. The fourth-order valence-electron chi connectivity index (χ4n) is 7.73. The largest absolute Gasteiger partial charge is 0.463 e. The third-order valence-electron chi connectivity index (χ3n) is 9.06. The number of carbonyl (C=O) groups excluding carboxylic acids is 1. The molecule has 0 aromatic carbocycles. The van der Waals surface area contributed by atoms with Crippen molar-refractivity contribution < 1.29 is 19.0 Å². The van der Waals surface area contributed by atoms with Gasteiger partial charge in [-0.3, -0.25) is 4.79 Å². The lowest BCUT2D eigenvalue weighted by Gasteiger charge is -2.54. The predicted octanol–water partition coefficient (Wildman–Crippen LogP) is 4.35. The Kier molecular flexibility index (Phi) is 3.75. The van der Waals surface area contributed by atoms with E-state index in [-0.39, 0.29) is 40.7 Å². The highest BCUT2D eigenvalue weighted by Crippen LogP contribution is 2.72. The Morgan fingerprint density at radius 1 is 1.11 bits per heavy atom. The molecule has 0 spiro atoms. The van der Waals surface area contributed by atoms with E-state index in [1.807, 2.05) is 13.8 Å². The number of epoxide rings is 2. The van der Waals surface area contributed by atoms with E-state index in [0.717, 1.165) is 32.1 Å².